The van der Waals surface area contributed by atoms with Crippen molar-refractivity contribution in [2.75, 3.05) is 37.6 Å². The maximum absolute atomic E-state index is 13.3. The first-order valence-corrected chi connectivity index (χ1v) is 11.1. The zero-order chi connectivity index (χ0) is 23.4. The molecule has 2 heterocycles. The quantitative estimate of drug-likeness (QED) is 0.593. The summed E-state index contributed by atoms with van der Waals surface area (Å²) in [4.78, 5) is 28.9. The molecule has 0 bridgehead atoms. The second-order valence-electron chi connectivity index (χ2n) is 8.32. The van der Waals surface area contributed by atoms with Crippen LogP contribution in [0.5, 0.6) is 0 Å². The summed E-state index contributed by atoms with van der Waals surface area (Å²) in [7, 11) is 0. The van der Waals surface area contributed by atoms with Crippen molar-refractivity contribution >= 4 is 17.5 Å². The van der Waals surface area contributed by atoms with Crippen molar-refractivity contribution in [3.63, 3.8) is 0 Å². The molecule has 2 aromatic rings. The fourth-order valence-corrected chi connectivity index (χ4v) is 4.24. The number of nitrogens with one attached hydrogen (secondary N) is 1. The maximum Gasteiger partial charge on any atom is 0.251 e. The summed E-state index contributed by atoms with van der Waals surface area (Å²) < 4.78 is 19.0. The molecule has 9 heteroatoms. The molecule has 2 aliphatic heterocycles. The first-order valence-electron chi connectivity index (χ1n) is 11.1. The van der Waals surface area contributed by atoms with Crippen LogP contribution < -0.4 is 10.2 Å². The van der Waals surface area contributed by atoms with Crippen molar-refractivity contribution in [2.45, 2.75) is 30.8 Å². The van der Waals surface area contributed by atoms with Crippen molar-refractivity contribution < 1.29 is 28.9 Å². The van der Waals surface area contributed by atoms with E-state index in [1.807, 2.05) is 30.3 Å². The van der Waals surface area contributed by atoms with Crippen LogP contribution in [0.3, 0.4) is 0 Å². The van der Waals surface area contributed by atoms with Crippen LogP contribution in [0.15, 0.2) is 54.6 Å². The molecule has 33 heavy (non-hydrogen) atoms. The Kier molecular flexibility index (Phi) is 7.22. The van der Waals surface area contributed by atoms with Crippen LogP contribution in [0.25, 0.3) is 0 Å². The minimum absolute atomic E-state index is 0.0576. The van der Waals surface area contributed by atoms with Gasteiger partial charge in [0.25, 0.3) is 5.91 Å². The van der Waals surface area contributed by atoms with Crippen molar-refractivity contribution in [1.82, 2.24) is 10.2 Å². The number of carbonyl (C=O) groups is 2. The van der Waals surface area contributed by atoms with Crippen molar-refractivity contribution in [2.24, 2.45) is 0 Å². The van der Waals surface area contributed by atoms with Crippen LogP contribution in [0, 0.1) is 5.82 Å². The number of hydrogen-bond acceptors (Lipinski definition) is 6. The molecule has 2 amide bonds. The Morgan fingerprint density at radius 3 is 2.36 bits per heavy atom. The molecule has 2 aliphatic rings. The number of halogens is 1. The average molecular weight is 458 g/mol. The smallest absolute Gasteiger partial charge is 0.251 e. The average Bonchev–Trinajstić information content (AvgIpc) is 3.11. The number of carbonyl (C=O) groups excluding carboxylic acids is 2. The molecule has 2 saturated heterocycles. The first-order chi connectivity index (χ1) is 15.9. The molecular weight excluding hydrogens is 429 g/mol. The van der Waals surface area contributed by atoms with Gasteiger partial charge in [-0.3, -0.25) is 9.59 Å². The summed E-state index contributed by atoms with van der Waals surface area (Å²) in [6.07, 6.45) is -4.28. The van der Waals surface area contributed by atoms with Gasteiger partial charge in [-0.2, -0.15) is 0 Å². The van der Waals surface area contributed by atoms with Crippen LogP contribution in [0.1, 0.15) is 16.8 Å². The number of piperazine rings is 1. The summed E-state index contributed by atoms with van der Waals surface area (Å²) in [6, 6.07) is 15.2. The van der Waals surface area contributed by atoms with Gasteiger partial charge >= 0.3 is 0 Å². The Morgan fingerprint density at radius 2 is 1.67 bits per heavy atom. The summed E-state index contributed by atoms with van der Waals surface area (Å²) in [5, 5.41) is 23.3. The molecule has 8 nitrogen and oxygen atoms in total. The molecule has 4 rings (SSSR count). The predicted octanol–water partition coefficient (Wildman–Crippen LogP) is 0.784. The number of amides is 2. The SMILES string of the molecule is O=C(NCC1OC(CC(=O)N2CCN(c3ccccc3)CC2)C(O)C1O)c1cccc(F)c1. The molecule has 4 atom stereocenters. The molecule has 0 spiro atoms. The van der Waals surface area contributed by atoms with E-state index in [-0.39, 0.29) is 24.4 Å². The highest BCUT2D eigenvalue weighted by atomic mass is 19.1. The summed E-state index contributed by atoms with van der Waals surface area (Å²) in [5.74, 6) is -1.20. The van der Waals surface area contributed by atoms with E-state index in [0.29, 0.717) is 26.2 Å². The van der Waals surface area contributed by atoms with Gasteiger partial charge in [-0.1, -0.05) is 24.3 Å². The van der Waals surface area contributed by atoms with Crippen molar-refractivity contribution in [3.8, 4) is 0 Å². The standard InChI is InChI=1S/C24H28FN3O5/c25-17-6-4-5-16(13-17)24(32)26-15-20-23(31)22(30)19(33-20)14-21(29)28-11-9-27(10-12-28)18-7-2-1-3-8-18/h1-8,13,19-20,22-23,30-31H,9-12,14-15H2,(H,26,32). The third-order valence-electron chi connectivity index (χ3n) is 6.14. The van der Waals surface area contributed by atoms with Gasteiger partial charge in [-0.15, -0.1) is 0 Å². The molecule has 3 N–H and O–H groups in total. The third-order valence-corrected chi connectivity index (χ3v) is 6.14. The molecular formula is C24H28FN3O5. The molecule has 2 aromatic carbocycles. The fourth-order valence-electron chi connectivity index (χ4n) is 4.24. The molecule has 176 valence electrons. The largest absolute Gasteiger partial charge is 0.388 e. The van der Waals surface area contributed by atoms with E-state index >= 15 is 0 Å². The number of benzene rings is 2. The number of anilines is 1. The zero-order valence-corrected chi connectivity index (χ0v) is 18.1. The summed E-state index contributed by atoms with van der Waals surface area (Å²) in [6.45, 7) is 2.47. The minimum Gasteiger partial charge on any atom is -0.388 e. The highest BCUT2D eigenvalue weighted by molar-refractivity contribution is 5.94. The highest BCUT2D eigenvalue weighted by Crippen LogP contribution is 2.25. The van der Waals surface area contributed by atoms with Gasteiger partial charge in [0.2, 0.25) is 5.91 Å². The lowest BCUT2D eigenvalue weighted by molar-refractivity contribution is -0.135. The van der Waals surface area contributed by atoms with Crippen molar-refractivity contribution in [1.29, 1.82) is 0 Å². The topological polar surface area (TPSA) is 102 Å². The van der Waals surface area contributed by atoms with Crippen LogP contribution in [-0.4, -0.2) is 84.1 Å². The van der Waals surface area contributed by atoms with Gasteiger partial charge < -0.3 is 30.1 Å². The number of para-hydroxylation sites is 1. The number of aliphatic hydroxyl groups is 2. The zero-order valence-electron chi connectivity index (χ0n) is 18.1. The van der Waals surface area contributed by atoms with E-state index in [4.69, 9.17) is 4.74 Å². The van der Waals surface area contributed by atoms with E-state index < -0.39 is 36.1 Å². The summed E-state index contributed by atoms with van der Waals surface area (Å²) in [5.41, 5.74) is 1.26. The monoisotopic (exact) mass is 457 g/mol. The maximum atomic E-state index is 13.3. The van der Waals surface area contributed by atoms with Gasteiger partial charge in [-0.05, 0) is 30.3 Å². The number of hydrogen-bond donors (Lipinski definition) is 3. The number of aliphatic hydroxyl groups excluding tert-OH is 2. The van der Waals surface area contributed by atoms with Gasteiger partial charge in [0.15, 0.2) is 0 Å². The van der Waals surface area contributed by atoms with Crippen LogP contribution in [0.4, 0.5) is 10.1 Å². The molecule has 4 unspecified atom stereocenters. The van der Waals surface area contributed by atoms with Gasteiger partial charge in [0.1, 0.15) is 24.1 Å². The van der Waals surface area contributed by atoms with Crippen LogP contribution in [-0.2, 0) is 9.53 Å². The number of rotatable bonds is 6. The van der Waals surface area contributed by atoms with E-state index in [0.717, 1.165) is 11.8 Å². The normalized spacial score (nSPS) is 25.2. The first kappa shape index (κ1) is 23.2. The Labute approximate surface area is 191 Å². The molecule has 0 aliphatic carbocycles. The van der Waals surface area contributed by atoms with Crippen molar-refractivity contribution in [3.05, 3.63) is 66.0 Å². The predicted molar refractivity (Wildman–Crippen MR) is 119 cm³/mol. The number of ether oxygens (including phenoxy) is 1. The van der Waals surface area contributed by atoms with E-state index in [1.54, 1.807) is 4.90 Å². The van der Waals surface area contributed by atoms with Gasteiger partial charge in [0.05, 0.1) is 12.5 Å². The van der Waals surface area contributed by atoms with E-state index in [2.05, 4.69) is 10.2 Å². The third kappa shape index (κ3) is 5.50. The number of nitrogens with zero attached hydrogens (tertiary/aromatic N) is 2. The van der Waals surface area contributed by atoms with E-state index in [1.165, 1.54) is 18.2 Å². The molecule has 0 aromatic heterocycles. The lowest BCUT2D eigenvalue weighted by Crippen LogP contribution is -2.49. The Bertz CT molecular complexity index is 968. The Morgan fingerprint density at radius 1 is 0.970 bits per heavy atom. The van der Waals surface area contributed by atoms with Gasteiger partial charge in [-0.25, -0.2) is 4.39 Å². The summed E-state index contributed by atoms with van der Waals surface area (Å²) >= 11 is 0. The van der Waals surface area contributed by atoms with Gasteiger partial charge in [0, 0.05) is 44.0 Å². The molecule has 2 fully saturated rings. The second-order valence-corrected chi connectivity index (χ2v) is 8.32. The lowest BCUT2D eigenvalue weighted by atomic mass is 10.0. The van der Waals surface area contributed by atoms with Crippen LogP contribution >= 0.6 is 0 Å². The molecule has 0 saturated carbocycles. The Balaban J connectivity index is 1.26. The Hall–Kier alpha value is -3.01. The minimum atomic E-state index is -1.24. The van der Waals surface area contributed by atoms with E-state index in [9.17, 15) is 24.2 Å². The second kappa shape index (κ2) is 10.3. The van der Waals surface area contributed by atoms with Crippen LogP contribution in [0.2, 0.25) is 0 Å². The highest BCUT2D eigenvalue weighted by Gasteiger charge is 2.44. The molecule has 0 radical (unpaired) electrons. The fraction of sp³-hybridized carbons (Fsp3) is 0.417. The lowest BCUT2D eigenvalue weighted by Gasteiger charge is -2.36.